The highest BCUT2D eigenvalue weighted by atomic mass is 35.5. The fourth-order valence-electron chi connectivity index (χ4n) is 3.74. The van der Waals surface area contributed by atoms with Crippen LogP contribution in [0, 0.1) is 12.3 Å². The molecule has 134 valence electrons. The average molecular weight is 380 g/mol. The van der Waals surface area contributed by atoms with Gasteiger partial charge in [-0.1, -0.05) is 41.4 Å². The zero-order chi connectivity index (χ0) is 18.2. The maximum absolute atomic E-state index is 13.3. The molecule has 2 N–H and O–H groups in total. The molecule has 1 aliphatic carbocycles. The van der Waals surface area contributed by atoms with E-state index in [0.717, 1.165) is 11.1 Å². The summed E-state index contributed by atoms with van der Waals surface area (Å²) in [7, 11) is -1.97. The van der Waals surface area contributed by atoms with Crippen LogP contribution in [0.4, 0.5) is 0 Å². The number of halogens is 1. The summed E-state index contributed by atoms with van der Waals surface area (Å²) in [6, 6.07) is 14.2. The number of benzene rings is 2. The topological polar surface area (TPSA) is 69.4 Å². The summed E-state index contributed by atoms with van der Waals surface area (Å²) in [4.78, 5) is 0.269. The standard InChI is InChI=1S/C19H22ClNO3S/c1-13-3-5-14(6-4-13)17-18(19(17,11-21)12-24-2)25(22,23)16-9-7-15(20)8-10-16/h3-10,17-18H,11-12,21H2,1-2H3/t17-,18-,19-/m0/s1. The van der Waals surface area contributed by atoms with Crippen molar-refractivity contribution < 1.29 is 13.2 Å². The molecule has 0 unspecified atom stereocenters. The molecule has 3 atom stereocenters. The molecule has 6 heteroatoms. The zero-order valence-corrected chi connectivity index (χ0v) is 15.8. The molecule has 2 aromatic carbocycles. The number of nitrogens with two attached hydrogens (primary N) is 1. The lowest BCUT2D eigenvalue weighted by atomic mass is 9.99. The van der Waals surface area contributed by atoms with E-state index in [1.165, 1.54) is 0 Å². The Balaban J connectivity index is 2.05. The Labute approximate surface area is 153 Å². The van der Waals surface area contributed by atoms with Crippen LogP contribution in [0.1, 0.15) is 17.0 Å². The number of methoxy groups -OCH3 is 1. The van der Waals surface area contributed by atoms with Gasteiger partial charge in [0.1, 0.15) is 0 Å². The highest BCUT2D eigenvalue weighted by Crippen LogP contribution is 2.63. The van der Waals surface area contributed by atoms with Crippen molar-refractivity contribution in [2.24, 2.45) is 11.1 Å². The summed E-state index contributed by atoms with van der Waals surface area (Å²) in [5, 5.41) is -0.0966. The Hall–Kier alpha value is -1.40. The summed E-state index contributed by atoms with van der Waals surface area (Å²) in [5.74, 6) is -0.182. The molecule has 0 bridgehead atoms. The van der Waals surface area contributed by atoms with Crippen LogP contribution in [-0.2, 0) is 14.6 Å². The van der Waals surface area contributed by atoms with Gasteiger partial charge in [-0.2, -0.15) is 0 Å². The van der Waals surface area contributed by atoms with Gasteiger partial charge in [-0.25, -0.2) is 8.42 Å². The predicted molar refractivity (Wildman–Crippen MR) is 99.7 cm³/mol. The second-order valence-corrected chi connectivity index (χ2v) is 9.18. The first-order valence-corrected chi connectivity index (χ1v) is 10.0. The maximum atomic E-state index is 13.3. The zero-order valence-electron chi connectivity index (χ0n) is 14.3. The normalized spacial score (nSPS) is 25.8. The molecule has 0 saturated heterocycles. The van der Waals surface area contributed by atoms with Crippen molar-refractivity contribution >= 4 is 21.4 Å². The largest absolute Gasteiger partial charge is 0.384 e. The second-order valence-electron chi connectivity index (χ2n) is 6.68. The fourth-order valence-corrected chi connectivity index (χ4v) is 6.31. The smallest absolute Gasteiger partial charge is 0.182 e. The molecule has 1 fully saturated rings. The van der Waals surface area contributed by atoms with Gasteiger partial charge in [0.2, 0.25) is 0 Å². The van der Waals surface area contributed by atoms with Crippen LogP contribution in [0.3, 0.4) is 0 Å². The molecular weight excluding hydrogens is 358 g/mol. The molecule has 1 saturated carbocycles. The Morgan fingerprint density at radius 1 is 1.12 bits per heavy atom. The first-order valence-electron chi connectivity index (χ1n) is 8.12. The van der Waals surface area contributed by atoms with Crippen LogP contribution in [0.5, 0.6) is 0 Å². The molecule has 25 heavy (non-hydrogen) atoms. The Morgan fingerprint density at radius 2 is 1.72 bits per heavy atom. The first-order chi connectivity index (χ1) is 11.9. The van der Waals surface area contributed by atoms with Gasteiger partial charge in [-0.3, -0.25) is 0 Å². The minimum Gasteiger partial charge on any atom is -0.384 e. The summed E-state index contributed by atoms with van der Waals surface area (Å²) in [5.41, 5.74) is 7.54. The van der Waals surface area contributed by atoms with Crippen molar-refractivity contribution in [2.45, 2.75) is 23.0 Å². The van der Waals surface area contributed by atoms with Gasteiger partial charge < -0.3 is 10.5 Å². The van der Waals surface area contributed by atoms with Gasteiger partial charge in [-0.15, -0.1) is 0 Å². The number of aryl methyl sites for hydroxylation is 1. The van der Waals surface area contributed by atoms with Gasteiger partial charge in [0.25, 0.3) is 0 Å². The third kappa shape index (κ3) is 3.10. The number of hydrogen-bond donors (Lipinski definition) is 1. The summed E-state index contributed by atoms with van der Waals surface area (Å²) < 4.78 is 31.9. The maximum Gasteiger partial charge on any atom is 0.182 e. The van der Waals surface area contributed by atoms with E-state index in [1.807, 2.05) is 31.2 Å². The Kier molecular flexibility index (Phi) is 4.95. The molecule has 0 heterocycles. The van der Waals surface area contributed by atoms with E-state index in [9.17, 15) is 8.42 Å². The van der Waals surface area contributed by atoms with Crippen molar-refractivity contribution in [1.29, 1.82) is 0 Å². The molecule has 3 rings (SSSR count). The van der Waals surface area contributed by atoms with E-state index in [0.29, 0.717) is 11.6 Å². The highest BCUT2D eigenvalue weighted by Gasteiger charge is 2.70. The molecule has 1 aliphatic rings. The highest BCUT2D eigenvalue weighted by molar-refractivity contribution is 7.92. The van der Waals surface area contributed by atoms with Crippen molar-refractivity contribution in [2.75, 3.05) is 20.3 Å². The second kappa shape index (κ2) is 6.72. The van der Waals surface area contributed by atoms with E-state index in [1.54, 1.807) is 31.4 Å². The van der Waals surface area contributed by atoms with Crippen molar-refractivity contribution in [1.82, 2.24) is 0 Å². The summed E-state index contributed by atoms with van der Waals surface area (Å²) in [6.07, 6.45) is 0. The van der Waals surface area contributed by atoms with Gasteiger partial charge in [0.05, 0.1) is 16.8 Å². The van der Waals surface area contributed by atoms with Crippen LogP contribution in [0.2, 0.25) is 5.02 Å². The number of sulfone groups is 1. The molecular formula is C19H22ClNO3S. The quantitative estimate of drug-likeness (QED) is 0.836. The van der Waals surface area contributed by atoms with Crippen molar-refractivity contribution in [3.05, 3.63) is 64.7 Å². The van der Waals surface area contributed by atoms with E-state index in [-0.39, 0.29) is 17.4 Å². The van der Waals surface area contributed by atoms with E-state index < -0.39 is 20.5 Å². The lowest BCUT2D eigenvalue weighted by molar-refractivity contribution is 0.142. The molecule has 2 aromatic rings. The van der Waals surface area contributed by atoms with Crippen molar-refractivity contribution in [3.8, 4) is 0 Å². The number of hydrogen-bond acceptors (Lipinski definition) is 4. The predicted octanol–water partition coefficient (Wildman–Crippen LogP) is 3.18. The summed E-state index contributed by atoms with van der Waals surface area (Å²) >= 11 is 5.89. The molecule has 0 radical (unpaired) electrons. The van der Waals surface area contributed by atoms with E-state index in [4.69, 9.17) is 22.1 Å². The van der Waals surface area contributed by atoms with Gasteiger partial charge in [-0.05, 0) is 36.8 Å². The first kappa shape index (κ1) is 18.4. The molecule has 4 nitrogen and oxygen atoms in total. The average Bonchev–Trinajstić information content (AvgIpc) is 3.26. The van der Waals surface area contributed by atoms with Crippen LogP contribution >= 0.6 is 11.6 Å². The molecule has 0 aromatic heterocycles. The number of ether oxygens (including phenoxy) is 1. The number of rotatable bonds is 6. The third-order valence-corrected chi connectivity index (χ3v) is 7.68. The molecule has 0 aliphatic heterocycles. The SMILES string of the molecule is COC[C@@]1(CN)[C@@H](c2ccc(C)cc2)[C@@H]1S(=O)(=O)c1ccc(Cl)cc1. The van der Waals surface area contributed by atoms with Crippen LogP contribution in [0.25, 0.3) is 0 Å². The lowest BCUT2D eigenvalue weighted by Crippen LogP contribution is -2.28. The Morgan fingerprint density at radius 3 is 2.24 bits per heavy atom. The minimum atomic E-state index is -3.55. The molecule has 0 amide bonds. The minimum absolute atomic E-state index is 0.182. The monoisotopic (exact) mass is 379 g/mol. The summed E-state index contributed by atoms with van der Waals surface area (Å²) in [6.45, 7) is 2.56. The molecule has 0 spiro atoms. The van der Waals surface area contributed by atoms with Crippen molar-refractivity contribution in [3.63, 3.8) is 0 Å². The lowest BCUT2D eigenvalue weighted by Gasteiger charge is -2.15. The van der Waals surface area contributed by atoms with Crippen LogP contribution < -0.4 is 5.73 Å². The van der Waals surface area contributed by atoms with Gasteiger partial charge in [0, 0.05) is 30.0 Å². The van der Waals surface area contributed by atoms with E-state index >= 15 is 0 Å². The van der Waals surface area contributed by atoms with Gasteiger partial charge >= 0.3 is 0 Å². The Bertz CT molecular complexity index is 849. The van der Waals surface area contributed by atoms with Crippen LogP contribution in [0.15, 0.2) is 53.4 Å². The third-order valence-electron chi connectivity index (χ3n) is 5.09. The van der Waals surface area contributed by atoms with Crippen LogP contribution in [-0.4, -0.2) is 33.9 Å². The fraction of sp³-hybridized carbons (Fsp3) is 0.368. The van der Waals surface area contributed by atoms with E-state index in [2.05, 4.69) is 0 Å². The van der Waals surface area contributed by atoms with Gasteiger partial charge in [0.15, 0.2) is 9.84 Å².